The molecule has 1 aromatic rings. The molecular weight excluding hydrogens is 316 g/mol. The van der Waals surface area contributed by atoms with E-state index in [0.29, 0.717) is 13.2 Å². The number of hydrogen-bond donors (Lipinski definition) is 1. The number of nitrogens with one attached hydrogen (secondary N) is 1. The van der Waals surface area contributed by atoms with Gasteiger partial charge >= 0.3 is 6.03 Å². The standard InChI is InChI=1S/C19H28N4O2/c1-25-15-16-5-12-23(13-6-16)19(24)21-17-7-10-22(11-8-17)14-18-4-2-3-9-20-18/h2-5,9,17H,6-8,10-15H2,1H3,(H,21,24). The third-order valence-electron chi connectivity index (χ3n) is 4.95. The summed E-state index contributed by atoms with van der Waals surface area (Å²) in [6, 6.07) is 6.38. The van der Waals surface area contributed by atoms with E-state index in [9.17, 15) is 4.79 Å². The summed E-state index contributed by atoms with van der Waals surface area (Å²) in [5, 5.41) is 3.20. The van der Waals surface area contributed by atoms with Gasteiger partial charge in [-0.05, 0) is 37.0 Å². The third-order valence-corrected chi connectivity index (χ3v) is 4.95. The van der Waals surface area contributed by atoms with Crippen molar-refractivity contribution in [2.45, 2.75) is 31.8 Å². The second-order valence-electron chi connectivity index (χ2n) is 6.81. The summed E-state index contributed by atoms with van der Waals surface area (Å²) in [6.07, 6.45) is 6.85. The largest absolute Gasteiger partial charge is 0.380 e. The molecule has 1 N–H and O–H groups in total. The highest BCUT2D eigenvalue weighted by molar-refractivity contribution is 5.75. The van der Waals surface area contributed by atoms with Gasteiger partial charge in [-0.15, -0.1) is 0 Å². The first kappa shape index (κ1) is 17.9. The maximum atomic E-state index is 12.4. The number of nitrogens with zero attached hydrogens (tertiary/aromatic N) is 3. The van der Waals surface area contributed by atoms with Crippen LogP contribution in [0.1, 0.15) is 25.0 Å². The summed E-state index contributed by atoms with van der Waals surface area (Å²) in [7, 11) is 1.71. The van der Waals surface area contributed by atoms with Crippen molar-refractivity contribution in [1.82, 2.24) is 20.1 Å². The first-order valence-corrected chi connectivity index (χ1v) is 9.09. The second-order valence-corrected chi connectivity index (χ2v) is 6.81. The monoisotopic (exact) mass is 344 g/mol. The topological polar surface area (TPSA) is 57.7 Å². The number of pyridine rings is 1. The molecule has 0 aliphatic carbocycles. The molecule has 0 aromatic carbocycles. The van der Waals surface area contributed by atoms with Gasteiger partial charge in [0.1, 0.15) is 0 Å². The van der Waals surface area contributed by atoms with Gasteiger partial charge in [0.15, 0.2) is 0 Å². The lowest BCUT2D eigenvalue weighted by molar-refractivity contribution is 0.168. The average Bonchev–Trinajstić information content (AvgIpc) is 2.65. The van der Waals surface area contributed by atoms with Crippen LogP contribution in [0.3, 0.4) is 0 Å². The van der Waals surface area contributed by atoms with Gasteiger partial charge in [-0.2, -0.15) is 0 Å². The average molecular weight is 344 g/mol. The fourth-order valence-electron chi connectivity index (χ4n) is 3.43. The van der Waals surface area contributed by atoms with Crippen LogP contribution < -0.4 is 5.32 Å². The SMILES string of the molecule is COCC1=CCN(C(=O)NC2CCN(Cc3ccccn3)CC2)CC1. The van der Waals surface area contributed by atoms with E-state index < -0.39 is 0 Å². The maximum Gasteiger partial charge on any atom is 0.317 e. The predicted molar refractivity (Wildman–Crippen MR) is 97.2 cm³/mol. The number of likely N-dealkylation sites (tertiary alicyclic amines) is 1. The van der Waals surface area contributed by atoms with Crippen LogP contribution in [0.25, 0.3) is 0 Å². The van der Waals surface area contributed by atoms with E-state index in [2.05, 4.69) is 27.3 Å². The zero-order valence-corrected chi connectivity index (χ0v) is 15.0. The summed E-state index contributed by atoms with van der Waals surface area (Å²) in [5.74, 6) is 0. The molecule has 2 aliphatic rings. The fraction of sp³-hybridized carbons (Fsp3) is 0.579. The van der Waals surface area contributed by atoms with Gasteiger partial charge in [0.05, 0.1) is 12.3 Å². The van der Waals surface area contributed by atoms with Crippen molar-refractivity contribution >= 4 is 6.03 Å². The number of carbonyl (C=O) groups excluding carboxylic acids is 1. The van der Waals surface area contributed by atoms with E-state index in [1.807, 2.05) is 23.2 Å². The van der Waals surface area contributed by atoms with Crippen LogP contribution >= 0.6 is 0 Å². The highest BCUT2D eigenvalue weighted by atomic mass is 16.5. The smallest absolute Gasteiger partial charge is 0.317 e. The summed E-state index contributed by atoms with van der Waals surface area (Å²) >= 11 is 0. The van der Waals surface area contributed by atoms with E-state index in [-0.39, 0.29) is 12.1 Å². The molecule has 2 aliphatic heterocycles. The number of carbonyl (C=O) groups is 1. The number of aromatic nitrogens is 1. The van der Waals surface area contributed by atoms with Crippen LogP contribution in [0.5, 0.6) is 0 Å². The van der Waals surface area contributed by atoms with E-state index in [4.69, 9.17) is 4.74 Å². The highest BCUT2D eigenvalue weighted by Gasteiger charge is 2.24. The number of amides is 2. The number of rotatable bonds is 5. The molecule has 3 heterocycles. The van der Waals surface area contributed by atoms with Crippen LogP contribution in [0.4, 0.5) is 4.79 Å². The summed E-state index contributed by atoms with van der Waals surface area (Å²) in [5.41, 5.74) is 2.39. The number of piperidine rings is 1. The minimum absolute atomic E-state index is 0.0656. The molecule has 6 nitrogen and oxygen atoms in total. The summed E-state index contributed by atoms with van der Waals surface area (Å²) < 4.78 is 5.15. The molecule has 0 unspecified atom stereocenters. The zero-order chi connectivity index (χ0) is 17.5. The lowest BCUT2D eigenvalue weighted by Crippen LogP contribution is -2.50. The lowest BCUT2D eigenvalue weighted by Gasteiger charge is -2.34. The Balaban J connectivity index is 1.39. The Kier molecular flexibility index (Phi) is 6.42. The Labute approximate surface area is 149 Å². The molecule has 136 valence electrons. The number of hydrogen-bond acceptors (Lipinski definition) is 4. The molecule has 6 heteroatoms. The molecule has 2 amide bonds. The Morgan fingerprint density at radius 2 is 2.16 bits per heavy atom. The molecule has 1 fully saturated rings. The first-order chi connectivity index (χ1) is 12.2. The van der Waals surface area contributed by atoms with Gasteiger partial charge in [-0.25, -0.2) is 4.79 Å². The Bertz CT molecular complexity index is 582. The van der Waals surface area contributed by atoms with Crippen molar-refractivity contribution in [1.29, 1.82) is 0 Å². The molecular formula is C19H28N4O2. The highest BCUT2D eigenvalue weighted by Crippen LogP contribution is 2.15. The molecule has 3 rings (SSSR count). The Hall–Kier alpha value is -1.92. The molecule has 0 atom stereocenters. The molecule has 1 saturated heterocycles. The molecule has 0 spiro atoms. The summed E-state index contributed by atoms with van der Waals surface area (Å²) in [6.45, 7) is 5.02. The number of ether oxygens (including phenoxy) is 1. The second kappa shape index (κ2) is 8.97. The minimum atomic E-state index is 0.0656. The Morgan fingerprint density at radius 1 is 1.32 bits per heavy atom. The van der Waals surface area contributed by atoms with Gasteiger partial charge in [0.2, 0.25) is 0 Å². The minimum Gasteiger partial charge on any atom is -0.380 e. The molecule has 1 aromatic heterocycles. The molecule has 0 bridgehead atoms. The van der Waals surface area contributed by atoms with E-state index >= 15 is 0 Å². The third kappa shape index (κ3) is 5.28. The normalized spacial score (nSPS) is 19.6. The quantitative estimate of drug-likeness (QED) is 0.831. The van der Waals surface area contributed by atoms with Gasteiger partial charge in [-0.3, -0.25) is 9.88 Å². The lowest BCUT2D eigenvalue weighted by atomic mass is 10.0. The van der Waals surface area contributed by atoms with Crippen LogP contribution in [-0.2, 0) is 11.3 Å². The maximum absolute atomic E-state index is 12.4. The van der Waals surface area contributed by atoms with E-state index in [1.54, 1.807) is 7.11 Å². The van der Waals surface area contributed by atoms with Crippen LogP contribution in [-0.4, -0.2) is 66.8 Å². The van der Waals surface area contributed by atoms with Crippen LogP contribution in [0.2, 0.25) is 0 Å². The zero-order valence-electron chi connectivity index (χ0n) is 15.0. The predicted octanol–water partition coefficient (Wildman–Crippen LogP) is 2.03. The Morgan fingerprint density at radius 3 is 2.80 bits per heavy atom. The molecule has 0 saturated carbocycles. The van der Waals surface area contributed by atoms with E-state index in [0.717, 1.165) is 51.1 Å². The van der Waals surface area contributed by atoms with Crippen molar-refractivity contribution in [3.8, 4) is 0 Å². The first-order valence-electron chi connectivity index (χ1n) is 9.09. The number of methoxy groups -OCH3 is 1. The summed E-state index contributed by atoms with van der Waals surface area (Å²) in [4.78, 5) is 21.1. The molecule has 25 heavy (non-hydrogen) atoms. The van der Waals surface area contributed by atoms with Crippen molar-refractivity contribution in [3.05, 3.63) is 41.7 Å². The van der Waals surface area contributed by atoms with Gasteiger partial charge in [0.25, 0.3) is 0 Å². The fourth-order valence-corrected chi connectivity index (χ4v) is 3.43. The van der Waals surface area contributed by atoms with Gasteiger partial charge < -0.3 is 15.0 Å². The van der Waals surface area contributed by atoms with Gasteiger partial charge in [0, 0.05) is 52.1 Å². The van der Waals surface area contributed by atoms with Crippen molar-refractivity contribution in [2.24, 2.45) is 0 Å². The number of urea groups is 1. The van der Waals surface area contributed by atoms with Crippen LogP contribution in [0, 0.1) is 0 Å². The van der Waals surface area contributed by atoms with Crippen molar-refractivity contribution in [3.63, 3.8) is 0 Å². The van der Waals surface area contributed by atoms with Crippen molar-refractivity contribution in [2.75, 3.05) is 39.9 Å². The van der Waals surface area contributed by atoms with E-state index in [1.165, 1.54) is 5.57 Å². The molecule has 0 radical (unpaired) electrons. The van der Waals surface area contributed by atoms with Crippen LogP contribution in [0.15, 0.2) is 36.0 Å². The van der Waals surface area contributed by atoms with Gasteiger partial charge in [-0.1, -0.05) is 12.1 Å². The van der Waals surface area contributed by atoms with Crippen molar-refractivity contribution < 1.29 is 9.53 Å².